The average Bonchev–Trinajstić information content (AvgIpc) is 2.37. The van der Waals surface area contributed by atoms with Crippen molar-refractivity contribution in [1.82, 2.24) is 0 Å². The normalized spacial score (nSPS) is 15.6. The number of halogens is 5. The van der Waals surface area contributed by atoms with Gasteiger partial charge in [-0.3, -0.25) is 10.1 Å². The average molecular weight is 313 g/mol. The van der Waals surface area contributed by atoms with Crippen LogP contribution in [0.1, 0.15) is 18.9 Å². The topological polar surface area (TPSA) is 52.4 Å². The Morgan fingerprint density at radius 3 is 2.24 bits per heavy atom. The molecule has 1 unspecified atom stereocenters. The largest absolute Gasteiger partial charge is 0.453 e. The number of hydrogen-bond acceptors (Lipinski definition) is 3. The summed E-state index contributed by atoms with van der Waals surface area (Å²) in [5, 5.41) is 10.6. The monoisotopic (exact) mass is 313 g/mol. The zero-order valence-electron chi connectivity index (χ0n) is 11.1. The van der Waals surface area contributed by atoms with Gasteiger partial charge in [-0.15, -0.1) is 0 Å². The Bertz CT molecular complexity index is 532. The maximum atomic E-state index is 13.2. The number of ether oxygens (including phenoxy) is 1. The van der Waals surface area contributed by atoms with Gasteiger partial charge in [0.1, 0.15) is 0 Å². The van der Waals surface area contributed by atoms with Crippen LogP contribution in [0.2, 0.25) is 0 Å². The van der Waals surface area contributed by atoms with Gasteiger partial charge in [-0.05, 0) is 12.5 Å². The fourth-order valence-corrected chi connectivity index (χ4v) is 1.76. The Morgan fingerprint density at radius 2 is 1.81 bits per heavy atom. The van der Waals surface area contributed by atoms with E-state index in [0.29, 0.717) is 0 Å². The molecule has 0 bridgehead atoms. The van der Waals surface area contributed by atoms with Crippen LogP contribution >= 0.6 is 0 Å². The molecule has 21 heavy (non-hydrogen) atoms. The minimum atomic E-state index is -5.73. The van der Waals surface area contributed by atoms with E-state index in [-0.39, 0.29) is 5.56 Å². The first kappa shape index (κ1) is 17.3. The van der Waals surface area contributed by atoms with Crippen LogP contribution in [-0.4, -0.2) is 24.1 Å². The molecule has 0 saturated carbocycles. The summed E-state index contributed by atoms with van der Waals surface area (Å²) in [4.78, 5) is 9.87. The van der Waals surface area contributed by atoms with Crippen molar-refractivity contribution in [3.63, 3.8) is 0 Å². The first-order chi connectivity index (χ1) is 9.43. The fourth-order valence-electron chi connectivity index (χ4n) is 1.76. The lowest BCUT2D eigenvalue weighted by Crippen LogP contribution is -2.43. The molecule has 9 heteroatoms. The van der Waals surface area contributed by atoms with Crippen LogP contribution in [0.5, 0.6) is 0 Å². The molecule has 0 radical (unpaired) electrons. The SMILES string of the molecule is COC(C)(CC(F)(F)C(F)(F)F)c1cccc([N+](=O)[O-])c1. The third kappa shape index (κ3) is 3.66. The number of benzene rings is 1. The molecule has 0 amide bonds. The van der Waals surface area contributed by atoms with Crippen LogP contribution in [0.4, 0.5) is 27.6 Å². The van der Waals surface area contributed by atoms with E-state index in [4.69, 9.17) is 4.74 Å². The lowest BCUT2D eigenvalue weighted by atomic mass is 9.88. The van der Waals surface area contributed by atoms with Gasteiger partial charge in [0.2, 0.25) is 0 Å². The highest BCUT2D eigenvalue weighted by molar-refractivity contribution is 5.37. The Morgan fingerprint density at radius 1 is 1.24 bits per heavy atom. The number of nitro benzene ring substituents is 1. The zero-order valence-corrected chi connectivity index (χ0v) is 11.1. The van der Waals surface area contributed by atoms with Crippen molar-refractivity contribution in [3.8, 4) is 0 Å². The number of methoxy groups -OCH3 is 1. The second kappa shape index (κ2) is 5.55. The van der Waals surface area contributed by atoms with Crippen molar-refractivity contribution >= 4 is 5.69 Å². The van der Waals surface area contributed by atoms with E-state index in [1.807, 2.05) is 0 Å². The third-order valence-electron chi connectivity index (χ3n) is 3.09. The van der Waals surface area contributed by atoms with Crippen molar-refractivity contribution in [2.45, 2.75) is 31.0 Å². The van der Waals surface area contributed by atoms with Crippen molar-refractivity contribution in [2.24, 2.45) is 0 Å². The van der Waals surface area contributed by atoms with Gasteiger partial charge in [0, 0.05) is 19.2 Å². The molecule has 1 atom stereocenters. The Labute approximate surface area is 116 Å². The number of rotatable bonds is 5. The van der Waals surface area contributed by atoms with Gasteiger partial charge in [0.15, 0.2) is 0 Å². The molecule has 0 aliphatic carbocycles. The van der Waals surface area contributed by atoms with Crippen molar-refractivity contribution in [2.75, 3.05) is 7.11 Å². The van der Waals surface area contributed by atoms with Crippen LogP contribution in [0.25, 0.3) is 0 Å². The third-order valence-corrected chi connectivity index (χ3v) is 3.09. The molecular formula is C12H12F5NO3. The van der Waals surface area contributed by atoms with Gasteiger partial charge in [0.25, 0.3) is 5.69 Å². The molecule has 0 fully saturated rings. The maximum absolute atomic E-state index is 13.2. The predicted octanol–water partition coefficient (Wildman–Crippen LogP) is 4.04. The smallest absolute Gasteiger partial charge is 0.374 e. The summed E-state index contributed by atoms with van der Waals surface area (Å²) in [5.74, 6) is -4.98. The zero-order chi connectivity index (χ0) is 16.5. The minimum absolute atomic E-state index is 0.136. The van der Waals surface area contributed by atoms with Gasteiger partial charge >= 0.3 is 12.1 Å². The highest BCUT2D eigenvalue weighted by atomic mass is 19.4. The predicted molar refractivity (Wildman–Crippen MR) is 63.1 cm³/mol. The Balaban J connectivity index is 3.22. The van der Waals surface area contributed by atoms with Crippen LogP contribution in [0.3, 0.4) is 0 Å². The molecule has 0 aromatic heterocycles. The van der Waals surface area contributed by atoms with Gasteiger partial charge in [0.05, 0.1) is 16.9 Å². The molecule has 0 saturated heterocycles. The summed E-state index contributed by atoms with van der Waals surface area (Å²) in [6.45, 7) is 1.02. The molecule has 118 valence electrons. The highest BCUT2D eigenvalue weighted by Crippen LogP contribution is 2.45. The van der Waals surface area contributed by atoms with E-state index >= 15 is 0 Å². The number of nitro groups is 1. The van der Waals surface area contributed by atoms with Crippen LogP contribution in [-0.2, 0) is 10.3 Å². The van der Waals surface area contributed by atoms with Gasteiger partial charge in [-0.1, -0.05) is 12.1 Å². The second-order valence-corrected chi connectivity index (χ2v) is 4.62. The molecule has 4 nitrogen and oxygen atoms in total. The fraction of sp³-hybridized carbons (Fsp3) is 0.500. The molecule has 0 aliphatic rings. The molecule has 0 heterocycles. The summed E-state index contributed by atoms with van der Waals surface area (Å²) in [6.07, 6.45) is -7.41. The molecule has 1 aromatic carbocycles. The second-order valence-electron chi connectivity index (χ2n) is 4.62. The van der Waals surface area contributed by atoms with E-state index in [1.54, 1.807) is 0 Å². The van der Waals surface area contributed by atoms with Crippen molar-refractivity contribution < 1.29 is 31.6 Å². The summed E-state index contributed by atoms with van der Waals surface area (Å²) >= 11 is 0. The van der Waals surface area contributed by atoms with Gasteiger partial charge in [-0.2, -0.15) is 22.0 Å². The molecule has 0 N–H and O–H groups in total. The molecule has 1 aromatic rings. The summed E-state index contributed by atoms with van der Waals surface area (Å²) in [7, 11) is 0.964. The van der Waals surface area contributed by atoms with E-state index in [1.165, 1.54) is 12.1 Å². The van der Waals surface area contributed by atoms with E-state index in [9.17, 15) is 32.1 Å². The molecule has 1 rings (SSSR count). The van der Waals surface area contributed by atoms with E-state index in [2.05, 4.69) is 0 Å². The molecule has 0 spiro atoms. The first-order valence-electron chi connectivity index (χ1n) is 5.67. The summed E-state index contributed by atoms with van der Waals surface area (Å²) in [5.41, 5.74) is -2.58. The highest BCUT2D eigenvalue weighted by Gasteiger charge is 2.60. The van der Waals surface area contributed by atoms with Crippen molar-refractivity contribution in [1.29, 1.82) is 0 Å². The Kier molecular flexibility index (Phi) is 4.57. The minimum Gasteiger partial charge on any atom is -0.374 e. The number of hydrogen-bond donors (Lipinski definition) is 0. The lowest BCUT2D eigenvalue weighted by Gasteiger charge is -2.33. The van der Waals surface area contributed by atoms with E-state index < -0.39 is 34.7 Å². The first-order valence-corrected chi connectivity index (χ1v) is 5.67. The summed E-state index contributed by atoms with van der Waals surface area (Å²) in [6, 6.07) is 4.40. The van der Waals surface area contributed by atoms with Crippen LogP contribution in [0.15, 0.2) is 24.3 Å². The number of nitrogens with zero attached hydrogens (tertiary/aromatic N) is 1. The Hall–Kier alpha value is -1.77. The summed E-state index contributed by atoms with van der Waals surface area (Å²) < 4.78 is 68.2. The molecule has 0 aliphatic heterocycles. The number of non-ortho nitro benzene ring substituents is 1. The van der Waals surface area contributed by atoms with Crippen molar-refractivity contribution in [3.05, 3.63) is 39.9 Å². The number of alkyl halides is 5. The van der Waals surface area contributed by atoms with Crippen LogP contribution in [0, 0.1) is 10.1 Å². The molecular weight excluding hydrogens is 301 g/mol. The van der Waals surface area contributed by atoms with E-state index in [0.717, 1.165) is 26.2 Å². The lowest BCUT2D eigenvalue weighted by molar-refractivity contribution is -0.385. The standard InChI is InChI=1S/C12H12F5NO3/c1-10(21-2,7-11(13,14)12(15,16)17)8-4-3-5-9(6-8)18(19)20/h3-6H,7H2,1-2H3. The maximum Gasteiger partial charge on any atom is 0.453 e. The van der Waals surface area contributed by atoms with Gasteiger partial charge in [-0.25, -0.2) is 0 Å². The van der Waals surface area contributed by atoms with Gasteiger partial charge < -0.3 is 4.74 Å². The van der Waals surface area contributed by atoms with Crippen LogP contribution < -0.4 is 0 Å². The quantitative estimate of drug-likeness (QED) is 0.468.